The van der Waals surface area contributed by atoms with Crippen molar-refractivity contribution in [3.05, 3.63) is 59.2 Å². The molecule has 0 radical (unpaired) electrons. The number of rotatable bonds is 8. The predicted octanol–water partition coefficient (Wildman–Crippen LogP) is 3.38. The van der Waals surface area contributed by atoms with Crippen LogP contribution < -0.4 is 10.1 Å². The fourth-order valence-corrected chi connectivity index (χ4v) is 6.20. The van der Waals surface area contributed by atoms with Crippen molar-refractivity contribution >= 4 is 5.91 Å². The Labute approximate surface area is 220 Å². The van der Waals surface area contributed by atoms with Crippen LogP contribution in [0, 0.1) is 17.6 Å². The average Bonchev–Trinajstić information content (AvgIpc) is 3.62. The number of carbonyl (C=O) groups excluding carboxylic acids is 1. The molecule has 4 unspecified atom stereocenters. The number of carbonyl (C=O) groups is 1. The minimum absolute atomic E-state index is 0.0464. The lowest BCUT2D eigenvalue weighted by molar-refractivity contribution is -0.132. The summed E-state index contributed by atoms with van der Waals surface area (Å²) in [6.45, 7) is 3.45. The highest BCUT2D eigenvalue weighted by atomic mass is 19.1. The van der Waals surface area contributed by atoms with Gasteiger partial charge < -0.3 is 19.7 Å². The third-order valence-corrected chi connectivity index (χ3v) is 8.36. The highest BCUT2D eigenvalue weighted by Gasteiger charge is 2.42. The first-order chi connectivity index (χ1) is 18.4. The van der Waals surface area contributed by atoms with Gasteiger partial charge in [0.2, 0.25) is 11.9 Å². The van der Waals surface area contributed by atoms with Gasteiger partial charge in [-0.3, -0.25) is 9.69 Å². The molecule has 2 bridgehead atoms. The van der Waals surface area contributed by atoms with Crippen molar-refractivity contribution in [2.45, 2.75) is 68.9 Å². The molecular weight excluding hydrogens is 497 g/mol. The smallest absolute Gasteiger partial charge is 0.236 e. The monoisotopic (exact) mass is 530 g/mol. The molecule has 10 heteroatoms. The zero-order chi connectivity index (χ0) is 26.2. The Bertz CT molecular complexity index is 1160. The summed E-state index contributed by atoms with van der Waals surface area (Å²) < 4.78 is 54.1. The second-order valence-corrected chi connectivity index (χ2v) is 10.9. The van der Waals surface area contributed by atoms with Gasteiger partial charge in [-0.25, -0.2) is 13.8 Å². The molecule has 1 N–H and O–H groups in total. The number of pyridine rings is 1. The van der Waals surface area contributed by atoms with Crippen LogP contribution in [0.4, 0.5) is 13.2 Å². The van der Waals surface area contributed by atoms with Crippen molar-refractivity contribution in [2.24, 2.45) is 0 Å². The molecule has 4 fully saturated rings. The first kappa shape index (κ1) is 25.6. The zero-order valence-electron chi connectivity index (χ0n) is 21.3. The summed E-state index contributed by atoms with van der Waals surface area (Å²) in [6.07, 6.45) is 6.96. The number of fused-ring (bicyclic) bond motifs is 2. The molecule has 1 amide bonds. The molecule has 4 aliphatic rings. The highest BCUT2D eigenvalue weighted by Crippen LogP contribution is 2.46. The quantitative estimate of drug-likeness (QED) is 0.528. The maximum atomic E-state index is 14.6. The number of aromatic nitrogens is 1. The Morgan fingerprint density at radius 2 is 1.87 bits per heavy atom. The summed E-state index contributed by atoms with van der Waals surface area (Å²) in [4.78, 5) is 20.9. The van der Waals surface area contributed by atoms with Crippen LogP contribution in [-0.4, -0.2) is 77.7 Å². The van der Waals surface area contributed by atoms with Gasteiger partial charge in [-0.05, 0) is 50.3 Å². The van der Waals surface area contributed by atoms with Gasteiger partial charge in [-0.1, -0.05) is 0 Å². The molecule has 3 saturated heterocycles. The first-order valence-corrected chi connectivity index (χ1v) is 13.6. The van der Waals surface area contributed by atoms with Crippen LogP contribution in [0.3, 0.4) is 0 Å². The second kappa shape index (κ2) is 10.8. The molecule has 1 aromatic heterocycles. The average molecular weight is 531 g/mol. The van der Waals surface area contributed by atoms with E-state index in [2.05, 4.69) is 15.2 Å². The van der Waals surface area contributed by atoms with Crippen LogP contribution in [0.2, 0.25) is 0 Å². The molecule has 1 saturated carbocycles. The highest BCUT2D eigenvalue weighted by molar-refractivity contribution is 5.78. The van der Waals surface area contributed by atoms with Crippen LogP contribution in [-0.2, 0) is 16.1 Å². The minimum atomic E-state index is -0.831. The van der Waals surface area contributed by atoms with Gasteiger partial charge in [0.15, 0.2) is 11.6 Å². The molecule has 6 rings (SSSR count). The zero-order valence-corrected chi connectivity index (χ0v) is 21.3. The topological polar surface area (TPSA) is 66.9 Å². The second-order valence-electron chi connectivity index (χ2n) is 10.9. The summed E-state index contributed by atoms with van der Waals surface area (Å²) >= 11 is 0. The summed E-state index contributed by atoms with van der Waals surface area (Å²) in [5, 5.41) is 3.26. The fourth-order valence-electron chi connectivity index (χ4n) is 6.20. The van der Waals surface area contributed by atoms with Crippen molar-refractivity contribution in [1.29, 1.82) is 0 Å². The van der Waals surface area contributed by atoms with Crippen molar-refractivity contribution < 1.29 is 27.4 Å². The number of piperidine rings is 1. The molecule has 204 valence electrons. The molecule has 2 aromatic rings. The predicted molar refractivity (Wildman–Crippen MR) is 133 cm³/mol. The number of likely N-dealkylation sites (tertiary alicyclic amines) is 2. The number of amides is 1. The molecule has 4 atom stereocenters. The van der Waals surface area contributed by atoms with E-state index in [1.165, 1.54) is 18.3 Å². The minimum Gasteiger partial charge on any atom is -0.485 e. The number of hydrogen-bond acceptors (Lipinski definition) is 6. The molecule has 1 aromatic carbocycles. The van der Waals surface area contributed by atoms with Crippen LogP contribution in [0.15, 0.2) is 30.5 Å². The lowest BCUT2D eigenvalue weighted by Gasteiger charge is -2.42. The third kappa shape index (κ3) is 5.53. The van der Waals surface area contributed by atoms with Crippen molar-refractivity contribution in [3.8, 4) is 5.75 Å². The number of morpholine rings is 1. The third-order valence-electron chi connectivity index (χ3n) is 8.36. The van der Waals surface area contributed by atoms with Gasteiger partial charge in [0, 0.05) is 67.6 Å². The lowest BCUT2D eigenvalue weighted by atomic mass is 10.0. The van der Waals surface area contributed by atoms with E-state index in [9.17, 15) is 18.0 Å². The Kier molecular flexibility index (Phi) is 7.29. The number of nitrogens with one attached hydrogen (secondary N) is 1. The molecule has 3 aliphatic heterocycles. The first-order valence-electron chi connectivity index (χ1n) is 13.6. The van der Waals surface area contributed by atoms with E-state index in [-0.39, 0.29) is 42.3 Å². The molecule has 38 heavy (non-hydrogen) atoms. The van der Waals surface area contributed by atoms with Gasteiger partial charge in [0.05, 0.1) is 18.8 Å². The summed E-state index contributed by atoms with van der Waals surface area (Å²) in [7, 11) is 0. The Balaban J connectivity index is 1.000. The molecule has 0 spiro atoms. The van der Waals surface area contributed by atoms with Crippen molar-refractivity contribution in [2.75, 3.05) is 32.7 Å². The van der Waals surface area contributed by atoms with Crippen LogP contribution in [0.25, 0.3) is 0 Å². The Hall–Kier alpha value is -2.69. The van der Waals surface area contributed by atoms with Crippen LogP contribution >= 0.6 is 0 Å². The summed E-state index contributed by atoms with van der Waals surface area (Å²) in [6, 6.07) is 5.51. The molecular formula is C28H33F3N4O3. The fraction of sp³-hybridized carbons (Fsp3) is 0.571. The Morgan fingerprint density at radius 3 is 2.61 bits per heavy atom. The van der Waals surface area contributed by atoms with Gasteiger partial charge in [0.1, 0.15) is 12.4 Å². The number of benzene rings is 1. The van der Waals surface area contributed by atoms with Crippen LogP contribution in [0.1, 0.15) is 49.1 Å². The van der Waals surface area contributed by atoms with E-state index >= 15 is 0 Å². The van der Waals surface area contributed by atoms with E-state index in [4.69, 9.17) is 9.47 Å². The van der Waals surface area contributed by atoms with Gasteiger partial charge in [-0.15, -0.1) is 0 Å². The van der Waals surface area contributed by atoms with E-state index in [1.807, 2.05) is 4.90 Å². The van der Waals surface area contributed by atoms with E-state index < -0.39 is 17.6 Å². The van der Waals surface area contributed by atoms with Gasteiger partial charge in [-0.2, -0.15) is 4.39 Å². The maximum Gasteiger partial charge on any atom is 0.236 e. The van der Waals surface area contributed by atoms with Crippen molar-refractivity contribution in [1.82, 2.24) is 20.1 Å². The maximum absolute atomic E-state index is 14.6. The lowest BCUT2D eigenvalue weighted by Crippen LogP contribution is -2.53. The number of ether oxygens (including phenoxy) is 2. The SMILES string of the molecule is O=C(CNC1CC1c1cc(F)cc(F)c1OCc1cccnc1F)N1CCC(N2CC3CCC(C2)O3)CC1. The van der Waals surface area contributed by atoms with Gasteiger partial charge >= 0.3 is 0 Å². The number of nitrogens with zero attached hydrogens (tertiary/aromatic N) is 3. The normalized spacial score (nSPS) is 27.5. The molecule has 7 nitrogen and oxygen atoms in total. The number of hydrogen-bond donors (Lipinski definition) is 1. The van der Waals surface area contributed by atoms with Gasteiger partial charge in [0.25, 0.3) is 0 Å². The summed E-state index contributed by atoms with van der Waals surface area (Å²) in [5.41, 5.74) is 0.569. The number of halogens is 3. The Morgan fingerprint density at radius 1 is 1.11 bits per heavy atom. The van der Waals surface area contributed by atoms with E-state index in [0.29, 0.717) is 30.2 Å². The molecule has 4 heterocycles. The van der Waals surface area contributed by atoms with Crippen LogP contribution in [0.5, 0.6) is 5.75 Å². The van der Waals surface area contributed by atoms with E-state index in [0.717, 1.165) is 57.9 Å². The largest absolute Gasteiger partial charge is 0.485 e. The van der Waals surface area contributed by atoms with E-state index in [1.54, 1.807) is 6.07 Å². The standard InChI is InChI=1S/C28H33F3N4O3/c29-18-10-23(27(24(30)11-18)37-16-17-2-1-7-32-28(17)31)22-12-25(22)33-13-26(36)34-8-5-19(6-9-34)35-14-20-3-4-21(15-35)38-20/h1-2,7,10-11,19-22,25,33H,3-6,8-9,12-16H2. The van der Waals surface area contributed by atoms with Crippen molar-refractivity contribution in [3.63, 3.8) is 0 Å². The molecule has 1 aliphatic carbocycles. The summed E-state index contributed by atoms with van der Waals surface area (Å²) in [5.74, 6) is -2.46.